The molecule has 0 radical (unpaired) electrons. The van der Waals surface area contributed by atoms with Gasteiger partial charge in [0.25, 0.3) is 5.56 Å². The van der Waals surface area contributed by atoms with Crippen LogP contribution in [0.2, 0.25) is 0 Å². The Morgan fingerprint density at radius 3 is 2.79 bits per heavy atom. The molecule has 12 nitrogen and oxygen atoms in total. The molecule has 3 aromatic heterocycles. The molecule has 5 rings (SSSR count). The number of benzene rings is 1. The van der Waals surface area contributed by atoms with E-state index in [9.17, 15) is 14.4 Å². The molecule has 3 heterocycles. The number of anilines is 1. The second-order valence-electron chi connectivity index (χ2n) is 8.23. The second-order valence-corrected chi connectivity index (χ2v) is 8.23. The van der Waals surface area contributed by atoms with Crippen molar-refractivity contribution in [3.8, 4) is 11.4 Å². The Morgan fingerprint density at radius 2 is 2.00 bits per heavy atom. The third kappa shape index (κ3) is 3.83. The number of tetrazole rings is 1. The summed E-state index contributed by atoms with van der Waals surface area (Å²) >= 11 is 0. The van der Waals surface area contributed by atoms with Crippen molar-refractivity contribution in [1.29, 1.82) is 0 Å². The topological polar surface area (TPSA) is 135 Å². The quantitative estimate of drug-likeness (QED) is 0.442. The summed E-state index contributed by atoms with van der Waals surface area (Å²) < 4.78 is 5.91. The zero-order valence-corrected chi connectivity index (χ0v) is 18.3. The van der Waals surface area contributed by atoms with E-state index in [1.54, 1.807) is 11.6 Å². The van der Waals surface area contributed by atoms with Gasteiger partial charge in [0.2, 0.25) is 5.91 Å². The monoisotopic (exact) mass is 449 g/mol. The average molecular weight is 449 g/mol. The van der Waals surface area contributed by atoms with E-state index < -0.39 is 11.2 Å². The molecule has 0 bridgehead atoms. The van der Waals surface area contributed by atoms with Crippen LogP contribution in [0.5, 0.6) is 0 Å². The standard InChI is InChI=1S/C21H23N9O3/c1-27-19-17(20(32)28(2)21(27)33)29(12-22-19)10-4-7-16(31)23-14-6-3-5-13(11-14)18-24-25-26-30(18)15-8-9-15/h3,5-6,11-12,15H,4,7-10H2,1-2H3,(H,23,31). The maximum Gasteiger partial charge on any atom is 0.332 e. The van der Waals surface area contributed by atoms with Gasteiger partial charge in [-0.2, -0.15) is 0 Å². The summed E-state index contributed by atoms with van der Waals surface area (Å²) in [6, 6.07) is 7.80. The molecule has 1 aliphatic carbocycles. The minimum absolute atomic E-state index is 0.140. The number of nitrogens with one attached hydrogen (secondary N) is 1. The van der Waals surface area contributed by atoms with Crippen molar-refractivity contribution >= 4 is 22.8 Å². The molecule has 170 valence electrons. The molecule has 1 fully saturated rings. The third-order valence-electron chi connectivity index (χ3n) is 5.81. The summed E-state index contributed by atoms with van der Waals surface area (Å²) in [6.07, 6.45) is 4.43. The van der Waals surface area contributed by atoms with Gasteiger partial charge in [0.15, 0.2) is 17.0 Å². The number of amides is 1. The SMILES string of the molecule is Cn1c(=O)c2c(ncn2CCCC(=O)Nc2cccc(-c3nnnn3C3CC3)c2)n(C)c1=O. The molecule has 0 aliphatic heterocycles. The zero-order valence-electron chi connectivity index (χ0n) is 18.3. The van der Waals surface area contributed by atoms with Crippen LogP contribution < -0.4 is 16.6 Å². The molecule has 1 amide bonds. The fourth-order valence-electron chi connectivity index (χ4n) is 3.88. The van der Waals surface area contributed by atoms with E-state index in [1.165, 1.54) is 17.9 Å². The summed E-state index contributed by atoms with van der Waals surface area (Å²) in [5.74, 6) is 0.551. The maximum atomic E-state index is 12.5. The molecule has 12 heteroatoms. The Hall–Kier alpha value is -4.09. The Labute approximate surface area is 187 Å². The lowest BCUT2D eigenvalue weighted by molar-refractivity contribution is -0.116. The van der Waals surface area contributed by atoms with Crippen LogP contribution in [0.15, 0.2) is 40.2 Å². The van der Waals surface area contributed by atoms with E-state index in [0.717, 1.165) is 23.0 Å². The van der Waals surface area contributed by atoms with Crippen molar-refractivity contribution in [2.75, 3.05) is 5.32 Å². The van der Waals surface area contributed by atoms with Crippen LogP contribution in [0.4, 0.5) is 5.69 Å². The first-order valence-corrected chi connectivity index (χ1v) is 10.7. The van der Waals surface area contributed by atoms with Crippen molar-refractivity contribution in [3.05, 3.63) is 51.4 Å². The van der Waals surface area contributed by atoms with Gasteiger partial charge < -0.3 is 9.88 Å². The fraction of sp³-hybridized carbons (Fsp3) is 0.381. The molecule has 0 saturated heterocycles. The highest BCUT2D eigenvalue weighted by Crippen LogP contribution is 2.36. The van der Waals surface area contributed by atoms with Gasteiger partial charge in [0.1, 0.15) is 0 Å². The van der Waals surface area contributed by atoms with E-state index in [-0.39, 0.29) is 12.3 Å². The number of imidazole rings is 1. The van der Waals surface area contributed by atoms with Gasteiger partial charge in [0.05, 0.1) is 12.4 Å². The van der Waals surface area contributed by atoms with E-state index in [2.05, 4.69) is 25.8 Å². The van der Waals surface area contributed by atoms with Gasteiger partial charge >= 0.3 is 5.69 Å². The van der Waals surface area contributed by atoms with Gasteiger partial charge in [-0.1, -0.05) is 12.1 Å². The van der Waals surface area contributed by atoms with Crippen LogP contribution in [0.3, 0.4) is 0 Å². The number of hydrogen-bond donors (Lipinski definition) is 1. The van der Waals surface area contributed by atoms with Crippen molar-refractivity contribution in [2.24, 2.45) is 14.1 Å². The number of aryl methyl sites for hydroxylation is 2. The molecule has 1 saturated carbocycles. The molecule has 33 heavy (non-hydrogen) atoms. The van der Waals surface area contributed by atoms with Crippen LogP contribution in [-0.2, 0) is 25.4 Å². The lowest BCUT2D eigenvalue weighted by Crippen LogP contribution is -2.37. The number of carbonyl (C=O) groups is 1. The first-order valence-electron chi connectivity index (χ1n) is 10.7. The predicted octanol–water partition coefficient (Wildman–Crippen LogP) is 0.841. The Balaban J connectivity index is 1.24. The van der Waals surface area contributed by atoms with Crippen LogP contribution in [-0.4, -0.2) is 44.8 Å². The van der Waals surface area contributed by atoms with E-state index in [0.29, 0.717) is 41.7 Å². The van der Waals surface area contributed by atoms with Crippen LogP contribution in [0.1, 0.15) is 31.7 Å². The molecule has 0 unspecified atom stereocenters. The second kappa shape index (κ2) is 8.11. The van der Waals surface area contributed by atoms with Crippen molar-refractivity contribution in [2.45, 2.75) is 38.3 Å². The van der Waals surface area contributed by atoms with Crippen LogP contribution in [0, 0.1) is 0 Å². The van der Waals surface area contributed by atoms with Crippen LogP contribution in [0.25, 0.3) is 22.6 Å². The number of carbonyl (C=O) groups excluding carboxylic acids is 1. The largest absolute Gasteiger partial charge is 0.332 e. The molecular weight excluding hydrogens is 426 g/mol. The van der Waals surface area contributed by atoms with Crippen molar-refractivity contribution in [3.63, 3.8) is 0 Å². The van der Waals surface area contributed by atoms with Crippen molar-refractivity contribution < 1.29 is 4.79 Å². The lowest BCUT2D eigenvalue weighted by atomic mass is 10.2. The molecule has 1 aliphatic rings. The summed E-state index contributed by atoms with van der Waals surface area (Å²) in [4.78, 5) is 41.3. The maximum absolute atomic E-state index is 12.5. The molecule has 4 aromatic rings. The number of aromatic nitrogens is 8. The van der Waals surface area contributed by atoms with Crippen molar-refractivity contribution in [1.82, 2.24) is 38.9 Å². The zero-order chi connectivity index (χ0) is 23.1. The normalized spacial score (nSPS) is 13.5. The number of fused-ring (bicyclic) bond motifs is 1. The van der Waals surface area contributed by atoms with Gasteiger partial charge in [-0.3, -0.25) is 18.7 Å². The highest BCUT2D eigenvalue weighted by molar-refractivity contribution is 5.91. The van der Waals surface area contributed by atoms with Gasteiger partial charge in [0, 0.05) is 38.3 Å². The predicted molar refractivity (Wildman–Crippen MR) is 120 cm³/mol. The summed E-state index contributed by atoms with van der Waals surface area (Å²) in [6.45, 7) is 0.424. The van der Waals surface area contributed by atoms with E-state index >= 15 is 0 Å². The Kier molecular flexibility index (Phi) is 5.11. The fourth-order valence-corrected chi connectivity index (χ4v) is 3.88. The minimum Gasteiger partial charge on any atom is -0.326 e. The first kappa shape index (κ1) is 20.8. The first-order chi connectivity index (χ1) is 15.9. The van der Waals surface area contributed by atoms with Gasteiger partial charge in [-0.15, -0.1) is 5.10 Å². The van der Waals surface area contributed by atoms with E-state index in [4.69, 9.17) is 0 Å². The van der Waals surface area contributed by atoms with Gasteiger partial charge in [-0.05, 0) is 41.8 Å². The summed E-state index contributed by atoms with van der Waals surface area (Å²) in [5.41, 5.74) is 1.36. The van der Waals surface area contributed by atoms with Crippen LogP contribution >= 0.6 is 0 Å². The highest BCUT2D eigenvalue weighted by atomic mass is 16.2. The molecular formula is C21H23N9O3. The van der Waals surface area contributed by atoms with Gasteiger partial charge in [-0.25, -0.2) is 14.5 Å². The minimum atomic E-state index is -0.425. The van der Waals surface area contributed by atoms with E-state index in [1.807, 2.05) is 28.9 Å². The number of hydrogen-bond acceptors (Lipinski definition) is 7. The smallest absolute Gasteiger partial charge is 0.326 e. The third-order valence-corrected chi connectivity index (χ3v) is 5.81. The Morgan fingerprint density at radius 1 is 1.18 bits per heavy atom. The molecule has 1 N–H and O–H groups in total. The average Bonchev–Trinajstić information content (AvgIpc) is 3.37. The summed E-state index contributed by atoms with van der Waals surface area (Å²) in [7, 11) is 3.01. The lowest BCUT2D eigenvalue weighted by Gasteiger charge is -2.09. The highest BCUT2D eigenvalue weighted by Gasteiger charge is 2.28. The Bertz CT molecular complexity index is 1470. The number of nitrogens with zero attached hydrogens (tertiary/aromatic N) is 8. The summed E-state index contributed by atoms with van der Waals surface area (Å²) in [5, 5.41) is 14.9. The molecule has 0 atom stereocenters. The number of rotatable bonds is 7. The molecule has 0 spiro atoms. The molecule has 1 aromatic carbocycles.